The van der Waals surface area contributed by atoms with Crippen molar-refractivity contribution in [3.05, 3.63) is 51.5 Å². The first-order valence-corrected chi connectivity index (χ1v) is 11.1. The number of benzene rings is 2. The van der Waals surface area contributed by atoms with Crippen LogP contribution in [0.4, 0.5) is 5.69 Å². The van der Waals surface area contributed by atoms with Crippen molar-refractivity contribution in [2.24, 2.45) is 5.92 Å². The van der Waals surface area contributed by atoms with E-state index in [0.717, 1.165) is 9.48 Å². The highest BCUT2D eigenvalue weighted by atomic mass is 79.9. The molecule has 3 amide bonds. The summed E-state index contributed by atoms with van der Waals surface area (Å²) in [5.41, 5.74) is 2.94. The quantitative estimate of drug-likeness (QED) is 0.481. The minimum atomic E-state index is -0.851. The van der Waals surface area contributed by atoms with Crippen LogP contribution in [0.2, 0.25) is 5.02 Å². The monoisotopic (exact) mass is 553 g/mol. The van der Waals surface area contributed by atoms with Gasteiger partial charge in [-0.05, 0) is 30.3 Å². The van der Waals surface area contributed by atoms with Gasteiger partial charge in [0.1, 0.15) is 17.1 Å². The molecule has 1 atom stereocenters. The van der Waals surface area contributed by atoms with Crippen LogP contribution in [0.25, 0.3) is 0 Å². The number of rotatable bonds is 8. The molecule has 0 unspecified atom stereocenters. The van der Waals surface area contributed by atoms with Crippen molar-refractivity contribution in [1.29, 1.82) is 0 Å². The molecular formula is C22H21BrClN3O7. The topological polar surface area (TPSA) is 123 Å². The molecular weight excluding hydrogens is 534 g/mol. The Hall–Kier alpha value is -3.31. The molecule has 1 heterocycles. The van der Waals surface area contributed by atoms with Crippen LogP contribution in [0, 0.1) is 5.92 Å². The van der Waals surface area contributed by atoms with E-state index in [2.05, 4.69) is 26.7 Å². The largest absolute Gasteiger partial charge is 0.496 e. The molecule has 0 saturated carbocycles. The maximum atomic E-state index is 12.8. The van der Waals surface area contributed by atoms with E-state index in [-0.39, 0.29) is 30.0 Å². The van der Waals surface area contributed by atoms with Gasteiger partial charge < -0.3 is 19.5 Å². The number of esters is 1. The number of carbonyl (C=O) groups excluding carboxylic acids is 4. The average molecular weight is 555 g/mol. The van der Waals surface area contributed by atoms with Gasteiger partial charge in [-0.15, -0.1) is 0 Å². The molecule has 1 aliphatic rings. The van der Waals surface area contributed by atoms with Gasteiger partial charge in [-0.2, -0.15) is 0 Å². The van der Waals surface area contributed by atoms with E-state index in [1.165, 1.54) is 14.2 Å². The normalized spacial score (nSPS) is 15.0. The molecule has 10 nitrogen and oxygen atoms in total. The minimum absolute atomic E-state index is 0.106. The number of ether oxygens (including phenoxy) is 3. The number of halogens is 2. The molecule has 0 aliphatic carbocycles. The van der Waals surface area contributed by atoms with Gasteiger partial charge in [0.2, 0.25) is 5.91 Å². The van der Waals surface area contributed by atoms with Gasteiger partial charge in [0.05, 0.1) is 37.4 Å². The van der Waals surface area contributed by atoms with E-state index in [4.69, 9.17) is 25.8 Å². The van der Waals surface area contributed by atoms with Gasteiger partial charge >= 0.3 is 5.97 Å². The molecule has 34 heavy (non-hydrogen) atoms. The maximum Gasteiger partial charge on any atom is 0.311 e. The first-order chi connectivity index (χ1) is 16.2. The summed E-state index contributed by atoms with van der Waals surface area (Å²) in [4.78, 5) is 49.6. The molecule has 1 saturated heterocycles. The van der Waals surface area contributed by atoms with E-state index in [0.29, 0.717) is 10.7 Å². The lowest BCUT2D eigenvalue weighted by Gasteiger charge is -2.19. The fourth-order valence-corrected chi connectivity index (χ4v) is 3.98. The van der Waals surface area contributed by atoms with Gasteiger partial charge in [0.25, 0.3) is 11.8 Å². The van der Waals surface area contributed by atoms with Crippen molar-refractivity contribution in [2.45, 2.75) is 6.42 Å². The number of hydrazine groups is 1. The number of amides is 3. The zero-order valence-corrected chi connectivity index (χ0v) is 20.6. The zero-order valence-electron chi connectivity index (χ0n) is 18.2. The van der Waals surface area contributed by atoms with E-state index in [1.54, 1.807) is 36.4 Å². The Kier molecular flexibility index (Phi) is 8.35. The highest BCUT2D eigenvalue weighted by Crippen LogP contribution is 2.29. The van der Waals surface area contributed by atoms with Crippen molar-refractivity contribution in [3.63, 3.8) is 0 Å². The van der Waals surface area contributed by atoms with Crippen LogP contribution in [0.3, 0.4) is 0 Å². The van der Waals surface area contributed by atoms with E-state index < -0.39 is 36.2 Å². The Labute approximate surface area is 208 Å². The second-order valence-electron chi connectivity index (χ2n) is 7.16. The molecule has 2 N–H and O–H groups in total. The third-order valence-electron chi connectivity index (χ3n) is 4.90. The molecule has 1 aliphatic heterocycles. The zero-order chi connectivity index (χ0) is 24.8. The molecule has 0 bridgehead atoms. The molecule has 0 radical (unpaired) electrons. The van der Waals surface area contributed by atoms with Crippen LogP contribution in [0.5, 0.6) is 11.5 Å². The number of nitrogens with one attached hydrogen (secondary N) is 2. The lowest BCUT2D eigenvalue weighted by molar-refractivity contribution is -0.151. The van der Waals surface area contributed by atoms with Gasteiger partial charge in [-0.1, -0.05) is 33.6 Å². The molecule has 2 aromatic carbocycles. The molecule has 2 aromatic rings. The lowest BCUT2D eigenvalue weighted by Crippen LogP contribution is -2.43. The number of carbonyl (C=O) groups is 4. The summed E-state index contributed by atoms with van der Waals surface area (Å²) >= 11 is 9.32. The standard InChI is InChI=1S/C22H21BrClN3O7/c1-32-16-4-3-5-17(33-2)20(16)21(30)26-27-10-12(8-19(27)29)22(31)34-11-18(28)25-15-7-6-13(23)9-14(15)24/h3-7,9,12H,8,10-11H2,1-2H3,(H,25,28)(H,26,30)/t12-/m1/s1. The average Bonchev–Trinajstić information content (AvgIpc) is 3.18. The van der Waals surface area contributed by atoms with Gasteiger partial charge in [0.15, 0.2) is 6.61 Å². The molecule has 1 fully saturated rings. The minimum Gasteiger partial charge on any atom is -0.496 e. The Morgan fingerprint density at radius 3 is 2.44 bits per heavy atom. The number of nitrogens with zero attached hydrogens (tertiary/aromatic N) is 1. The third kappa shape index (κ3) is 5.97. The molecule has 180 valence electrons. The Balaban J connectivity index is 1.55. The lowest BCUT2D eigenvalue weighted by atomic mass is 10.1. The van der Waals surface area contributed by atoms with Gasteiger partial charge in [-0.25, -0.2) is 0 Å². The summed E-state index contributed by atoms with van der Waals surface area (Å²) in [7, 11) is 2.80. The second kappa shape index (κ2) is 11.2. The summed E-state index contributed by atoms with van der Waals surface area (Å²) in [6.45, 7) is -0.665. The Morgan fingerprint density at radius 2 is 1.82 bits per heavy atom. The highest BCUT2D eigenvalue weighted by Gasteiger charge is 2.37. The van der Waals surface area contributed by atoms with Crippen LogP contribution in [0.1, 0.15) is 16.8 Å². The Morgan fingerprint density at radius 1 is 1.15 bits per heavy atom. The number of hydrogen-bond acceptors (Lipinski definition) is 7. The number of methoxy groups -OCH3 is 2. The first-order valence-electron chi connectivity index (χ1n) is 9.97. The predicted octanol–water partition coefficient (Wildman–Crippen LogP) is 2.79. The van der Waals surface area contributed by atoms with Crippen LogP contribution < -0.4 is 20.2 Å². The smallest absolute Gasteiger partial charge is 0.311 e. The highest BCUT2D eigenvalue weighted by molar-refractivity contribution is 9.10. The molecule has 12 heteroatoms. The molecule has 3 rings (SSSR count). The SMILES string of the molecule is COc1cccc(OC)c1C(=O)NN1C[C@H](C(=O)OCC(=O)Nc2ccc(Br)cc2Cl)CC1=O. The summed E-state index contributed by atoms with van der Waals surface area (Å²) in [6, 6.07) is 9.71. The summed E-state index contributed by atoms with van der Waals surface area (Å²) in [5, 5.41) is 3.88. The maximum absolute atomic E-state index is 12.8. The molecule has 0 aromatic heterocycles. The summed E-state index contributed by atoms with van der Waals surface area (Å²) < 4.78 is 16.2. The van der Waals surface area contributed by atoms with E-state index in [9.17, 15) is 19.2 Å². The van der Waals surface area contributed by atoms with Crippen molar-refractivity contribution in [3.8, 4) is 11.5 Å². The van der Waals surface area contributed by atoms with Crippen LogP contribution in [0.15, 0.2) is 40.9 Å². The van der Waals surface area contributed by atoms with E-state index >= 15 is 0 Å². The fraction of sp³-hybridized carbons (Fsp3) is 0.273. The predicted molar refractivity (Wildman–Crippen MR) is 126 cm³/mol. The first kappa shape index (κ1) is 25.3. The number of hydrogen-bond donors (Lipinski definition) is 2. The van der Waals surface area contributed by atoms with Crippen LogP contribution >= 0.6 is 27.5 Å². The van der Waals surface area contributed by atoms with Crippen molar-refractivity contribution < 1.29 is 33.4 Å². The third-order valence-corrected chi connectivity index (χ3v) is 5.71. The van der Waals surface area contributed by atoms with Crippen molar-refractivity contribution >= 4 is 56.9 Å². The number of anilines is 1. The second-order valence-corrected chi connectivity index (χ2v) is 8.49. The summed E-state index contributed by atoms with van der Waals surface area (Å²) in [5.74, 6) is -2.77. The van der Waals surface area contributed by atoms with Crippen molar-refractivity contribution in [1.82, 2.24) is 10.4 Å². The fourth-order valence-electron chi connectivity index (χ4n) is 3.26. The Bertz CT molecular complexity index is 1110. The van der Waals surface area contributed by atoms with Crippen LogP contribution in [-0.4, -0.2) is 56.1 Å². The van der Waals surface area contributed by atoms with Gasteiger partial charge in [-0.3, -0.25) is 29.6 Å². The van der Waals surface area contributed by atoms with Gasteiger partial charge in [0, 0.05) is 10.9 Å². The summed E-state index contributed by atoms with van der Waals surface area (Å²) in [6.07, 6.45) is -0.178. The molecule has 0 spiro atoms. The van der Waals surface area contributed by atoms with Crippen molar-refractivity contribution in [2.75, 3.05) is 32.7 Å². The van der Waals surface area contributed by atoms with E-state index in [1.807, 2.05) is 0 Å². The van der Waals surface area contributed by atoms with Crippen LogP contribution in [-0.2, 0) is 19.1 Å².